The molecule has 1 aromatic carbocycles. The maximum Gasteiger partial charge on any atom is 0.338 e. The van der Waals surface area contributed by atoms with Crippen LogP contribution >= 0.6 is 22.6 Å². The monoisotopic (exact) mass is 306 g/mol. The van der Waals surface area contributed by atoms with Gasteiger partial charge >= 0.3 is 5.97 Å². The zero-order chi connectivity index (χ0) is 10.6. The van der Waals surface area contributed by atoms with Crippen molar-refractivity contribution >= 4 is 28.6 Å². The molecule has 0 aliphatic heterocycles. The maximum absolute atomic E-state index is 11.4. The molecule has 0 aliphatic carbocycles. The summed E-state index contributed by atoms with van der Waals surface area (Å²) in [7, 11) is 2.98. The molecule has 3 nitrogen and oxygen atoms in total. The van der Waals surface area contributed by atoms with E-state index in [-0.39, 0.29) is 5.97 Å². The van der Waals surface area contributed by atoms with Gasteiger partial charge in [0, 0.05) is 16.2 Å². The van der Waals surface area contributed by atoms with E-state index in [1.54, 1.807) is 13.2 Å². The number of carbonyl (C=O) groups excluding carboxylic acids is 1. The first-order valence-corrected chi connectivity index (χ1v) is 5.13. The predicted molar refractivity (Wildman–Crippen MR) is 61.2 cm³/mol. The van der Waals surface area contributed by atoms with Gasteiger partial charge in [-0.05, 0) is 34.7 Å². The van der Waals surface area contributed by atoms with E-state index >= 15 is 0 Å². The highest BCUT2D eigenvalue weighted by Crippen LogP contribution is 2.18. The van der Waals surface area contributed by atoms with Gasteiger partial charge in [0.2, 0.25) is 0 Å². The number of ether oxygens (including phenoxy) is 2. The average Bonchev–Trinajstić information content (AvgIpc) is 2.20. The van der Waals surface area contributed by atoms with Gasteiger partial charge in [-0.3, -0.25) is 0 Å². The summed E-state index contributed by atoms with van der Waals surface area (Å²) in [5, 5.41) is 0. The Morgan fingerprint density at radius 1 is 1.43 bits per heavy atom. The molecule has 4 heteroatoms. The van der Waals surface area contributed by atoms with Crippen molar-refractivity contribution in [2.45, 2.75) is 6.61 Å². The minimum absolute atomic E-state index is 0.324. The van der Waals surface area contributed by atoms with Crippen LogP contribution < -0.4 is 0 Å². The van der Waals surface area contributed by atoms with Crippen LogP contribution in [0.3, 0.4) is 0 Å². The number of carbonyl (C=O) groups is 1. The van der Waals surface area contributed by atoms with Crippen molar-refractivity contribution in [3.8, 4) is 0 Å². The number of esters is 1. The third-order valence-corrected chi connectivity index (χ3v) is 2.82. The molecule has 1 rings (SSSR count). The molecule has 0 saturated heterocycles. The number of benzene rings is 1. The molecule has 0 aliphatic rings. The van der Waals surface area contributed by atoms with E-state index in [4.69, 9.17) is 4.74 Å². The molecular formula is C10H11IO3. The fraction of sp³-hybridized carbons (Fsp3) is 0.300. The van der Waals surface area contributed by atoms with Crippen LogP contribution in [0.25, 0.3) is 0 Å². The zero-order valence-corrected chi connectivity index (χ0v) is 10.2. The normalized spacial score (nSPS) is 9.93. The second-order valence-electron chi connectivity index (χ2n) is 2.69. The predicted octanol–water partition coefficient (Wildman–Crippen LogP) is 2.22. The lowest BCUT2D eigenvalue weighted by molar-refractivity contribution is 0.0595. The molecule has 0 spiro atoms. The van der Waals surface area contributed by atoms with E-state index in [0.717, 1.165) is 9.13 Å². The highest BCUT2D eigenvalue weighted by atomic mass is 127. The quantitative estimate of drug-likeness (QED) is 0.634. The molecule has 76 valence electrons. The van der Waals surface area contributed by atoms with E-state index in [2.05, 4.69) is 27.3 Å². The molecule has 0 aromatic heterocycles. The molecule has 0 unspecified atom stereocenters. The topological polar surface area (TPSA) is 35.5 Å². The molecule has 14 heavy (non-hydrogen) atoms. The first-order chi connectivity index (χ1) is 6.70. The molecule has 0 saturated carbocycles. The Bertz CT molecular complexity index is 336. The Morgan fingerprint density at radius 3 is 2.71 bits per heavy atom. The summed E-state index contributed by atoms with van der Waals surface area (Å²) in [4.78, 5) is 11.4. The largest absolute Gasteiger partial charge is 0.465 e. The fourth-order valence-electron chi connectivity index (χ4n) is 1.15. The van der Waals surface area contributed by atoms with Gasteiger partial charge in [-0.15, -0.1) is 0 Å². The van der Waals surface area contributed by atoms with Crippen LogP contribution in [-0.2, 0) is 16.1 Å². The van der Waals surface area contributed by atoms with Gasteiger partial charge in [0.15, 0.2) is 0 Å². The van der Waals surface area contributed by atoms with Gasteiger partial charge in [0.25, 0.3) is 0 Å². The molecule has 0 radical (unpaired) electrons. The second-order valence-corrected chi connectivity index (χ2v) is 3.85. The molecule has 1 aromatic rings. The Hall–Kier alpha value is -0.620. The third-order valence-electron chi connectivity index (χ3n) is 1.81. The SMILES string of the molecule is COCc1c(I)cccc1C(=O)OC. The smallest absolute Gasteiger partial charge is 0.338 e. The lowest BCUT2D eigenvalue weighted by Gasteiger charge is -2.08. The van der Waals surface area contributed by atoms with Crippen LogP contribution in [0.5, 0.6) is 0 Å². The molecule has 0 heterocycles. The summed E-state index contributed by atoms with van der Waals surface area (Å²) in [6, 6.07) is 5.50. The van der Waals surface area contributed by atoms with Crippen LogP contribution in [0.15, 0.2) is 18.2 Å². The van der Waals surface area contributed by atoms with Crippen molar-refractivity contribution in [1.82, 2.24) is 0 Å². The Kier molecular flexibility index (Phi) is 4.34. The van der Waals surface area contributed by atoms with Crippen molar-refractivity contribution < 1.29 is 14.3 Å². The number of hydrogen-bond acceptors (Lipinski definition) is 3. The van der Waals surface area contributed by atoms with E-state index in [1.165, 1.54) is 7.11 Å². The van der Waals surface area contributed by atoms with Gasteiger partial charge in [-0.25, -0.2) is 4.79 Å². The van der Waals surface area contributed by atoms with Crippen molar-refractivity contribution in [2.24, 2.45) is 0 Å². The van der Waals surface area contributed by atoms with E-state index < -0.39 is 0 Å². The summed E-state index contributed by atoms with van der Waals surface area (Å²) < 4.78 is 10.7. The third kappa shape index (κ3) is 2.45. The van der Waals surface area contributed by atoms with E-state index in [0.29, 0.717) is 12.2 Å². The van der Waals surface area contributed by atoms with Crippen LogP contribution in [0.1, 0.15) is 15.9 Å². The first-order valence-electron chi connectivity index (χ1n) is 4.05. The summed E-state index contributed by atoms with van der Waals surface area (Å²) >= 11 is 2.17. The van der Waals surface area contributed by atoms with Crippen LogP contribution in [-0.4, -0.2) is 20.2 Å². The lowest BCUT2D eigenvalue weighted by Crippen LogP contribution is -2.07. The molecule has 0 fully saturated rings. The maximum atomic E-state index is 11.4. The Morgan fingerprint density at radius 2 is 2.14 bits per heavy atom. The van der Waals surface area contributed by atoms with Gasteiger partial charge < -0.3 is 9.47 Å². The Balaban J connectivity index is 3.13. The lowest BCUT2D eigenvalue weighted by atomic mass is 10.1. The molecule has 0 amide bonds. The van der Waals surface area contributed by atoms with Crippen molar-refractivity contribution in [1.29, 1.82) is 0 Å². The summed E-state index contributed by atoms with van der Waals surface area (Å²) in [5.41, 5.74) is 1.45. The van der Waals surface area contributed by atoms with Gasteiger partial charge in [0.05, 0.1) is 19.3 Å². The van der Waals surface area contributed by atoms with Crippen molar-refractivity contribution in [3.63, 3.8) is 0 Å². The number of halogens is 1. The van der Waals surface area contributed by atoms with Gasteiger partial charge in [-0.1, -0.05) is 6.07 Å². The van der Waals surface area contributed by atoms with E-state index in [9.17, 15) is 4.79 Å². The highest BCUT2D eigenvalue weighted by molar-refractivity contribution is 14.1. The van der Waals surface area contributed by atoms with Gasteiger partial charge in [-0.2, -0.15) is 0 Å². The summed E-state index contributed by atoms with van der Waals surface area (Å²) in [6.45, 7) is 0.420. The number of methoxy groups -OCH3 is 2. The summed E-state index contributed by atoms with van der Waals surface area (Å²) in [5.74, 6) is -0.324. The van der Waals surface area contributed by atoms with Crippen LogP contribution in [0.4, 0.5) is 0 Å². The Labute approximate surface area is 96.5 Å². The number of hydrogen-bond donors (Lipinski definition) is 0. The second kappa shape index (κ2) is 5.31. The van der Waals surface area contributed by atoms with Gasteiger partial charge in [0.1, 0.15) is 0 Å². The van der Waals surface area contributed by atoms with Crippen molar-refractivity contribution in [2.75, 3.05) is 14.2 Å². The number of rotatable bonds is 3. The molecule has 0 N–H and O–H groups in total. The highest BCUT2D eigenvalue weighted by Gasteiger charge is 2.13. The van der Waals surface area contributed by atoms with Crippen molar-refractivity contribution in [3.05, 3.63) is 32.9 Å². The zero-order valence-electron chi connectivity index (χ0n) is 8.04. The fourth-order valence-corrected chi connectivity index (χ4v) is 1.80. The van der Waals surface area contributed by atoms with Crippen LogP contribution in [0, 0.1) is 3.57 Å². The van der Waals surface area contributed by atoms with E-state index in [1.807, 2.05) is 12.1 Å². The summed E-state index contributed by atoms with van der Waals surface area (Å²) in [6.07, 6.45) is 0. The average molecular weight is 306 g/mol. The molecule has 0 bridgehead atoms. The molecule has 0 atom stereocenters. The van der Waals surface area contributed by atoms with Crippen LogP contribution in [0.2, 0.25) is 0 Å². The molecular weight excluding hydrogens is 295 g/mol. The first kappa shape index (κ1) is 11.5. The minimum Gasteiger partial charge on any atom is -0.465 e. The standard InChI is InChI=1S/C10H11IO3/c1-13-6-8-7(10(12)14-2)4-3-5-9(8)11/h3-5H,6H2,1-2H3. The minimum atomic E-state index is -0.324.